The van der Waals surface area contributed by atoms with Crippen LogP contribution in [0, 0.1) is 19.3 Å². The average Bonchev–Trinajstić information content (AvgIpc) is 3.02. The summed E-state index contributed by atoms with van der Waals surface area (Å²) in [6.45, 7) is 7.15. The van der Waals surface area contributed by atoms with E-state index < -0.39 is 0 Å². The second-order valence-electron chi connectivity index (χ2n) is 8.01. The fourth-order valence-corrected chi connectivity index (χ4v) is 4.43. The minimum Gasteiger partial charge on any atom is -0.420 e. The van der Waals surface area contributed by atoms with Crippen molar-refractivity contribution in [3.05, 3.63) is 53.2 Å². The molecule has 0 N–H and O–H groups in total. The summed E-state index contributed by atoms with van der Waals surface area (Å²) in [4.78, 5) is 2.51. The summed E-state index contributed by atoms with van der Waals surface area (Å²) < 4.78 is 11.3. The Morgan fingerprint density at radius 2 is 1.89 bits per heavy atom. The molecule has 1 atom stereocenters. The normalized spacial score (nSPS) is 21.6. The van der Waals surface area contributed by atoms with E-state index >= 15 is 0 Å². The number of likely N-dealkylation sites (tertiary alicyclic amines) is 1. The van der Waals surface area contributed by atoms with Gasteiger partial charge < -0.3 is 8.94 Å². The highest BCUT2D eigenvalue weighted by Crippen LogP contribution is 2.64. The third kappa shape index (κ3) is 2.98. The molecule has 140 valence electrons. The summed E-state index contributed by atoms with van der Waals surface area (Å²) in [5.41, 5.74) is 3.59. The average molecular weight is 364 g/mol. The van der Waals surface area contributed by atoms with Gasteiger partial charge in [-0.05, 0) is 63.7 Å². The molecule has 1 aliphatic heterocycles. The van der Waals surface area contributed by atoms with Crippen molar-refractivity contribution >= 4 is 0 Å². The zero-order valence-electron chi connectivity index (χ0n) is 15.8. The van der Waals surface area contributed by atoms with Crippen molar-refractivity contribution in [1.82, 2.24) is 20.3 Å². The van der Waals surface area contributed by atoms with Crippen LogP contribution in [0.25, 0.3) is 11.5 Å². The highest BCUT2D eigenvalue weighted by atomic mass is 16.5. The molecule has 1 saturated heterocycles. The van der Waals surface area contributed by atoms with Crippen LogP contribution in [0.5, 0.6) is 0 Å². The zero-order chi connectivity index (χ0) is 18.4. The monoisotopic (exact) mass is 364 g/mol. The van der Waals surface area contributed by atoms with Crippen LogP contribution in [0.15, 0.2) is 39.3 Å². The van der Waals surface area contributed by atoms with Gasteiger partial charge in [-0.2, -0.15) is 0 Å². The summed E-state index contributed by atoms with van der Waals surface area (Å²) in [5, 5.41) is 12.7. The first kappa shape index (κ1) is 16.7. The van der Waals surface area contributed by atoms with Crippen LogP contribution < -0.4 is 0 Å². The number of nitrogens with zero attached hydrogens (tertiary/aromatic N) is 4. The zero-order valence-corrected chi connectivity index (χ0v) is 15.8. The number of hydrogen-bond donors (Lipinski definition) is 0. The lowest BCUT2D eigenvalue weighted by atomic mass is 9.90. The topological polar surface area (TPSA) is 68.2 Å². The fraction of sp³-hybridized carbons (Fsp3) is 0.476. The van der Waals surface area contributed by atoms with Gasteiger partial charge in [0.2, 0.25) is 11.8 Å². The maximum Gasteiger partial charge on any atom is 0.247 e. The molecule has 6 nitrogen and oxygen atoms in total. The Kier molecular flexibility index (Phi) is 3.90. The molecule has 5 rings (SSSR count). The van der Waals surface area contributed by atoms with E-state index in [0.29, 0.717) is 17.2 Å². The van der Waals surface area contributed by atoms with Gasteiger partial charge in [-0.15, -0.1) is 10.2 Å². The molecule has 2 aromatic heterocycles. The number of aryl methyl sites for hydroxylation is 2. The van der Waals surface area contributed by atoms with Crippen molar-refractivity contribution in [2.75, 3.05) is 13.1 Å². The highest BCUT2D eigenvalue weighted by molar-refractivity contribution is 5.51. The van der Waals surface area contributed by atoms with E-state index in [1.54, 1.807) is 0 Å². The van der Waals surface area contributed by atoms with Gasteiger partial charge in [0.1, 0.15) is 5.76 Å². The van der Waals surface area contributed by atoms with Gasteiger partial charge in [0.25, 0.3) is 0 Å². The van der Waals surface area contributed by atoms with Crippen LogP contribution in [-0.4, -0.2) is 33.3 Å². The third-order valence-corrected chi connectivity index (χ3v) is 6.36. The van der Waals surface area contributed by atoms with Crippen LogP contribution in [-0.2, 0) is 6.54 Å². The summed E-state index contributed by atoms with van der Waals surface area (Å²) in [6.07, 6.45) is 3.54. The van der Waals surface area contributed by atoms with E-state index in [-0.39, 0.29) is 0 Å². The number of benzene rings is 1. The van der Waals surface area contributed by atoms with Gasteiger partial charge in [-0.1, -0.05) is 23.4 Å². The molecule has 1 aliphatic carbocycles. The van der Waals surface area contributed by atoms with Gasteiger partial charge in [0.15, 0.2) is 0 Å². The first-order valence-corrected chi connectivity index (χ1v) is 9.67. The Hall–Kier alpha value is -2.47. The van der Waals surface area contributed by atoms with Gasteiger partial charge >= 0.3 is 0 Å². The number of piperidine rings is 1. The Labute approximate surface area is 158 Å². The maximum atomic E-state index is 6.01. The molecule has 3 heterocycles. The minimum atomic E-state index is 0.357. The smallest absolute Gasteiger partial charge is 0.247 e. The molecule has 1 spiro atoms. The fourth-order valence-electron chi connectivity index (χ4n) is 4.43. The Balaban J connectivity index is 1.23. The molecular formula is C21H24N4O2. The minimum absolute atomic E-state index is 0.357. The molecule has 1 aromatic carbocycles. The Morgan fingerprint density at radius 1 is 1.11 bits per heavy atom. The standard InChI is InChI=1S/C21H24N4O2/c1-14-17(15(2)27-24-14)13-25-10-8-21(9-11-25)12-18(21)20-23-22-19(26-20)16-6-4-3-5-7-16/h3-7,18H,8-13H2,1-2H3/t18-/m1/s1. The summed E-state index contributed by atoms with van der Waals surface area (Å²) in [7, 11) is 0. The molecule has 0 unspecified atom stereocenters. The molecule has 6 heteroatoms. The van der Waals surface area contributed by atoms with Gasteiger partial charge in [-0.25, -0.2) is 0 Å². The van der Waals surface area contributed by atoms with Gasteiger partial charge in [0.05, 0.1) is 5.69 Å². The first-order valence-electron chi connectivity index (χ1n) is 9.67. The Morgan fingerprint density at radius 3 is 2.59 bits per heavy atom. The predicted octanol–water partition coefficient (Wildman–Crippen LogP) is 4.11. The predicted molar refractivity (Wildman–Crippen MR) is 100 cm³/mol. The molecule has 0 radical (unpaired) electrons. The number of aromatic nitrogens is 3. The summed E-state index contributed by atoms with van der Waals surface area (Å²) in [6, 6.07) is 9.99. The van der Waals surface area contributed by atoms with Crippen LogP contribution in [0.4, 0.5) is 0 Å². The van der Waals surface area contributed by atoms with Gasteiger partial charge in [0, 0.05) is 23.6 Å². The molecular weight excluding hydrogens is 340 g/mol. The SMILES string of the molecule is Cc1noc(C)c1CN1CCC2(CC1)C[C@@H]2c1nnc(-c2ccccc2)o1. The lowest BCUT2D eigenvalue weighted by molar-refractivity contribution is 0.159. The van der Waals surface area contributed by atoms with Crippen molar-refractivity contribution < 1.29 is 8.94 Å². The largest absolute Gasteiger partial charge is 0.420 e. The summed E-state index contributed by atoms with van der Waals surface area (Å²) in [5.74, 6) is 2.80. The highest BCUT2D eigenvalue weighted by Gasteiger charge is 2.58. The number of rotatable bonds is 4. The molecule has 27 heavy (non-hydrogen) atoms. The lowest BCUT2D eigenvalue weighted by Crippen LogP contribution is -2.34. The summed E-state index contributed by atoms with van der Waals surface area (Å²) >= 11 is 0. The quantitative estimate of drug-likeness (QED) is 0.694. The van der Waals surface area contributed by atoms with Crippen molar-refractivity contribution in [2.45, 2.75) is 45.6 Å². The molecule has 1 saturated carbocycles. The van der Waals surface area contributed by atoms with Gasteiger partial charge in [-0.3, -0.25) is 4.90 Å². The van der Waals surface area contributed by atoms with Crippen LogP contribution in [0.3, 0.4) is 0 Å². The lowest BCUT2D eigenvalue weighted by Gasteiger charge is -2.32. The molecule has 0 amide bonds. The molecule has 2 aliphatic rings. The van der Waals surface area contributed by atoms with E-state index in [1.165, 1.54) is 24.8 Å². The van der Waals surface area contributed by atoms with Crippen molar-refractivity contribution in [1.29, 1.82) is 0 Å². The van der Waals surface area contributed by atoms with E-state index in [9.17, 15) is 0 Å². The first-order chi connectivity index (χ1) is 13.1. The van der Waals surface area contributed by atoms with Crippen molar-refractivity contribution in [3.63, 3.8) is 0 Å². The van der Waals surface area contributed by atoms with Crippen molar-refractivity contribution in [2.24, 2.45) is 5.41 Å². The van der Waals surface area contributed by atoms with Crippen LogP contribution >= 0.6 is 0 Å². The maximum absolute atomic E-state index is 6.01. The Bertz CT molecular complexity index is 919. The van der Waals surface area contributed by atoms with E-state index in [4.69, 9.17) is 8.94 Å². The number of hydrogen-bond acceptors (Lipinski definition) is 6. The van der Waals surface area contributed by atoms with Crippen molar-refractivity contribution in [3.8, 4) is 11.5 Å². The van der Waals surface area contributed by atoms with Crippen LogP contribution in [0.2, 0.25) is 0 Å². The molecule has 2 fully saturated rings. The van der Waals surface area contributed by atoms with E-state index in [2.05, 4.69) is 20.3 Å². The molecule has 3 aromatic rings. The third-order valence-electron chi connectivity index (χ3n) is 6.36. The van der Waals surface area contributed by atoms with E-state index in [0.717, 1.165) is 42.5 Å². The van der Waals surface area contributed by atoms with Crippen LogP contribution in [0.1, 0.15) is 48.1 Å². The second-order valence-corrected chi connectivity index (χ2v) is 8.01. The second kappa shape index (κ2) is 6.30. The molecule has 0 bridgehead atoms. The van der Waals surface area contributed by atoms with E-state index in [1.807, 2.05) is 44.2 Å².